The van der Waals surface area contributed by atoms with Crippen LogP contribution in [0.4, 0.5) is 0 Å². The SMILES string of the molecule is CN1CCC(NC(=O)C(C(N)=NO)c2ccccc2)CC1. The van der Waals surface area contributed by atoms with Crippen LogP contribution >= 0.6 is 0 Å². The molecular formula is C15H22N4O2. The molecule has 1 heterocycles. The minimum Gasteiger partial charge on any atom is -0.409 e. The molecule has 2 rings (SSSR count). The van der Waals surface area contributed by atoms with Crippen molar-refractivity contribution in [3.8, 4) is 0 Å². The lowest BCUT2D eigenvalue weighted by molar-refractivity contribution is -0.122. The van der Waals surface area contributed by atoms with Crippen molar-refractivity contribution in [3.05, 3.63) is 35.9 Å². The van der Waals surface area contributed by atoms with Gasteiger partial charge in [0.05, 0.1) is 0 Å². The van der Waals surface area contributed by atoms with E-state index in [-0.39, 0.29) is 17.8 Å². The number of piperidine rings is 1. The van der Waals surface area contributed by atoms with E-state index >= 15 is 0 Å². The number of carbonyl (C=O) groups is 1. The van der Waals surface area contributed by atoms with Crippen LogP contribution in [0.5, 0.6) is 0 Å². The number of likely N-dealkylation sites (tertiary alicyclic amines) is 1. The molecule has 1 aromatic carbocycles. The highest BCUT2D eigenvalue weighted by Gasteiger charge is 2.28. The molecule has 1 amide bonds. The molecule has 6 heteroatoms. The number of hydrogen-bond donors (Lipinski definition) is 3. The summed E-state index contributed by atoms with van der Waals surface area (Å²) < 4.78 is 0. The van der Waals surface area contributed by atoms with Gasteiger partial charge in [-0.05, 0) is 38.5 Å². The van der Waals surface area contributed by atoms with Gasteiger partial charge >= 0.3 is 0 Å². The summed E-state index contributed by atoms with van der Waals surface area (Å²) in [7, 11) is 2.07. The second kappa shape index (κ2) is 7.08. The van der Waals surface area contributed by atoms with E-state index in [1.54, 1.807) is 12.1 Å². The maximum Gasteiger partial charge on any atom is 0.235 e. The monoisotopic (exact) mass is 290 g/mol. The van der Waals surface area contributed by atoms with Crippen LogP contribution in [0.15, 0.2) is 35.5 Å². The summed E-state index contributed by atoms with van der Waals surface area (Å²) in [5.41, 5.74) is 6.43. The van der Waals surface area contributed by atoms with E-state index in [1.165, 1.54) is 0 Å². The van der Waals surface area contributed by atoms with Gasteiger partial charge in [0.2, 0.25) is 5.91 Å². The first kappa shape index (κ1) is 15.3. The van der Waals surface area contributed by atoms with Gasteiger partial charge in [-0.1, -0.05) is 35.5 Å². The quantitative estimate of drug-likeness (QED) is 0.330. The van der Waals surface area contributed by atoms with Crippen LogP contribution in [0.1, 0.15) is 24.3 Å². The highest BCUT2D eigenvalue weighted by atomic mass is 16.4. The Balaban J connectivity index is 2.09. The molecule has 0 bridgehead atoms. The van der Waals surface area contributed by atoms with E-state index in [4.69, 9.17) is 10.9 Å². The molecule has 0 spiro atoms. The van der Waals surface area contributed by atoms with E-state index in [9.17, 15) is 4.79 Å². The highest BCUT2D eigenvalue weighted by molar-refractivity contribution is 6.07. The highest BCUT2D eigenvalue weighted by Crippen LogP contribution is 2.17. The first-order chi connectivity index (χ1) is 10.1. The van der Waals surface area contributed by atoms with E-state index in [0.29, 0.717) is 0 Å². The molecule has 21 heavy (non-hydrogen) atoms. The van der Waals surface area contributed by atoms with E-state index in [2.05, 4.69) is 22.4 Å². The fourth-order valence-electron chi connectivity index (χ4n) is 2.60. The molecule has 1 unspecified atom stereocenters. The minimum absolute atomic E-state index is 0.0911. The Kier molecular flexibility index (Phi) is 5.16. The second-order valence-electron chi connectivity index (χ2n) is 5.45. The molecule has 1 saturated heterocycles. The zero-order valence-corrected chi connectivity index (χ0v) is 12.2. The number of amides is 1. The summed E-state index contributed by atoms with van der Waals surface area (Å²) >= 11 is 0. The number of hydrogen-bond acceptors (Lipinski definition) is 4. The largest absolute Gasteiger partial charge is 0.409 e. The third-order valence-corrected chi connectivity index (χ3v) is 3.87. The Hall–Kier alpha value is -2.08. The lowest BCUT2D eigenvalue weighted by atomic mass is 9.96. The summed E-state index contributed by atoms with van der Waals surface area (Å²) in [6.07, 6.45) is 1.83. The van der Waals surface area contributed by atoms with Crippen molar-refractivity contribution in [3.63, 3.8) is 0 Å². The Labute approximate surface area is 124 Å². The fraction of sp³-hybridized carbons (Fsp3) is 0.467. The maximum atomic E-state index is 12.5. The number of carbonyl (C=O) groups excluding carboxylic acids is 1. The number of nitrogens with one attached hydrogen (secondary N) is 1. The summed E-state index contributed by atoms with van der Waals surface area (Å²) in [4.78, 5) is 14.7. The van der Waals surface area contributed by atoms with Crippen molar-refractivity contribution >= 4 is 11.7 Å². The Bertz CT molecular complexity index is 496. The average molecular weight is 290 g/mol. The first-order valence-corrected chi connectivity index (χ1v) is 7.13. The van der Waals surface area contributed by atoms with Gasteiger partial charge in [0, 0.05) is 6.04 Å². The van der Waals surface area contributed by atoms with Crippen molar-refractivity contribution < 1.29 is 10.0 Å². The number of rotatable bonds is 4. The molecule has 1 aromatic rings. The van der Waals surface area contributed by atoms with E-state index < -0.39 is 5.92 Å². The van der Waals surface area contributed by atoms with Crippen molar-refractivity contribution in [1.29, 1.82) is 0 Å². The van der Waals surface area contributed by atoms with Gasteiger partial charge in [-0.2, -0.15) is 0 Å². The maximum absolute atomic E-state index is 12.5. The molecule has 0 aliphatic carbocycles. The van der Waals surface area contributed by atoms with Crippen molar-refractivity contribution in [2.45, 2.75) is 24.8 Å². The molecule has 0 aromatic heterocycles. The summed E-state index contributed by atoms with van der Waals surface area (Å²) in [6.45, 7) is 1.93. The molecule has 1 aliphatic heterocycles. The first-order valence-electron chi connectivity index (χ1n) is 7.13. The topological polar surface area (TPSA) is 91.0 Å². The Morgan fingerprint density at radius 3 is 2.57 bits per heavy atom. The normalized spacial score (nSPS) is 19.2. The van der Waals surface area contributed by atoms with Gasteiger partial charge in [-0.15, -0.1) is 0 Å². The van der Waals surface area contributed by atoms with Crippen molar-refractivity contribution in [2.75, 3.05) is 20.1 Å². The van der Waals surface area contributed by atoms with Crippen LogP contribution in [0.2, 0.25) is 0 Å². The van der Waals surface area contributed by atoms with Crippen LogP contribution in [-0.2, 0) is 4.79 Å². The molecule has 1 fully saturated rings. The smallest absolute Gasteiger partial charge is 0.235 e. The van der Waals surface area contributed by atoms with Gasteiger partial charge in [-0.3, -0.25) is 4.79 Å². The standard InChI is InChI=1S/C15H22N4O2/c1-19-9-7-12(8-10-19)17-15(20)13(14(16)18-21)11-5-3-2-4-6-11/h2-6,12-13,21H,7-10H2,1H3,(H2,16,18)(H,17,20). The number of benzene rings is 1. The van der Waals surface area contributed by atoms with Crippen LogP contribution < -0.4 is 11.1 Å². The molecular weight excluding hydrogens is 268 g/mol. The van der Waals surface area contributed by atoms with Gasteiger partial charge in [0.1, 0.15) is 5.92 Å². The zero-order valence-electron chi connectivity index (χ0n) is 12.2. The van der Waals surface area contributed by atoms with Crippen LogP contribution in [0.3, 0.4) is 0 Å². The summed E-state index contributed by atoms with van der Waals surface area (Å²) in [5, 5.41) is 15.0. The van der Waals surface area contributed by atoms with Crippen LogP contribution in [0, 0.1) is 0 Å². The Morgan fingerprint density at radius 1 is 1.38 bits per heavy atom. The second-order valence-corrected chi connectivity index (χ2v) is 5.45. The van der Waals surface area contributed by atoms with Gasteiger partial charge < -0.3 is 21.2 Å². The average Bonchev–Trinajstić information content (AvgIpc) is 2.50. The molecule has 0 saturated carbocycles. The zero-order chi connectivity index (χ0) is 15.2. The van der Waals surface area contributed by atoms with Gasteiger partial charge in [0.15, 0.2) is 5.84 Å². The number of nitrogens with two attached hydrogens (primary N) is 1. The Morgan fingerprint density at radius 2 is 2.00 bits per heavy atom. The summed E-state index contributed by atoms with van der Waals surface area (Å²) in [6, 6.07) is 9.27. The number of oxime groups is 1. The molecule has 1 atom stereocenters. The van der Waals surface area contributed by atoms with Crippen molar-refractivity contribution in [2.24, 2.45) is 10.9 Å². The lowest BCUT2D eigenvalue weighted by Gasteiger charge is -2.30. The minimum atomic E-state index is -0.754. The molecule has 4 N–H and O–H groups in total. The predicted molar refractivity (Wildman–Crippen MR) is 81.3 cm³/mol. The number of amidine groups is 1. The van der Waals surface area contributed by atoms with E-state index in [1.807, 2.05) is 18.2 Å². The molecule has 114 valence electrons. The third-order valence-electron chi connectivity index (χ3n) is 3.87. The molecule has 6 nitrogen and oxygen atoms in total. The van der Waals surface area contributed by atoms with E-state index in [0.717, 1.165) is 31.5 Å². The summed E-state index contributed by atoms with van der Waals surface area (Å²) in [5.74, 6) is -1.06. The van der Waals surface area contributed by atoms with Crippen LogP contribution in [0.25, 0.3) is 0 Å². The van der Waals surface area contributed by atoms with Gasteiger partial charge in [0.25, 0.3) is 0 Å². The van der Waals surface area contributed by atoms with Crippen LogP contribution in [-0.4, -0.2) is 48.0 Å². The lowest BCUT2D eigenvalue weighted by Crippen LogP contribution is -2.46. The van der Waals surface area contributed by atoms with Crippen molar-refractivity contribution in [1.82, 2.24) is 10.2 Å². The molecule has 1 aliphatic rings. The number of nitrogens with zero attached hydrogens (tertiary/aromatic N) is 2. The fourth-order valence-corrected chi connectivity index (χ4v) is 2.60. The predicted octanol–water partition coefficient (Wildman–Crippen LogP) is 0.727. The third kappa shape index (κ3) is 3.95. The molecule has 0 radical (unpaired) electrons. The van der Waals surface area contributed by atoms with Gasteiger partial charge in [-0.25, -0.2) is 0 Å².